The molecule has 0 spiro atoms. The van der Waals surface area contributed by atoms with E-state index in [0.29, 0.717) is 5.91 Å². The van der Waals surface area contributed by atoms with Gasteiger partial charge >= 0.3 is 0 Å². The minimum Gasteiger partial charge on any atom is -0.389 e. The molecule has 1 fully saturated rings. The van der Waals surface area contributed by atoms with Crippen LogP contribution in [0.3, 0.4) is 0 Å². The van der Waals surface area contributed by atoms with Crippen LogP contribution in [0, 0.1) is 11.3 Å². The first-order valence-corrected chi connectivity index (χ1v) is 8.81. The van der Waals surface area contributed by atoms with Gasteiger partial charge in [-0.05, 0) is 68.9 Å². The van der Waals surface area contributed by atoms with Gasteiger partial charge in [-0.2, -0.15) is 0 Å². The first kappa shape index (κ1) is 15.8. The standard InChI is InChI=1S/C19H29NO2/c1-13(18(22)20-10-4-5-11-20)15-6-8-19(3)9-7-17(21)14(2)16(19)12-15/h12-13,17,21H,4-11H2,1-3H3/t13-,17-,19-/m0/s1. The summed E-state index contributed by atoms with van der Waals surface area (Å²) < 4.78 is 0. The summed E-state index contributed by atoms with van der Waals surface area (Å²) in [5.74, 6) is 0.281. The highest BCUT2D eigenvalue weighted by Gasteiger charge is 2.39. The molecule has 1 N–H and O–H groups in total. The lowest BCUT2D eigenvalue weighted by Crippen LogP contribution is -2.36. The molecule has 22 heavy (non-hydrogen) atoms. The molecule has 3 heteroatoms. The highest BCUT2D eigenvalue weighted by molar-refractivity contribution is 5.81. The SMILES string of the molecule is CC1=C2C=C([C@H](C)C(=O)N3CCCC3)CC[C@@]2(C)CC[C@@H]1O. The number of likely N-dealkylation sites (tertiary alicyclic amines) is 1. The van der Waals surface area contributed by atoms with Crippen LogP contribution in [0.2, 0.25) is 0 Å². The monoisotopic (exact) mass is 303 g/mol. The van der Waals surface area contributed by atoms with Crippen molar-refractivity contribution in [2.24, 2.45) is 11.3 Å². The number of allylic oxidation sites excluding steroid dienone is 2. The van der Waals surface area contributed by atoms with Crippen LogP contribution >= 0.6 is 0 Å². The highest BCUT2D eigenvalue weighted by atomic mass is 16.3. The molecular formula is C19H29NO2. The molecular weight excluding hydrogens is 274 g/mol. The average molecular weight is 303 g/mol. The molecule has 0 saturated carbocycles. The molecule has 1 aliphatic heterocycles. The Hall–Kier alpha value is -1.09. The number of hydrogen-bond acceptors (Lipinski definition) is 2. The Balaban J connectivity index is 1.86. The highest BCUT2D eigenvalue weighted by Crippen LogP contribution is 2.49. The first-order valence-electron chi connectivity index (χ1n) is 8.81. The molecule has 0 unspecified atom stereocenters. The van der Waals surface area contributed by atoms with E-state index in [-0.39, 0.29) is 17.4 Å². The van der Waals surface area contributed by atoms with Gasteiger partial charge in [0.1, 0.15) is 0 Å². The Morgan fingerprint density at radius 1 is 1.36 bits per heavy atom. The summed E-state index contributed by atoms with van der Waals surface area (Å²) in [5, 5.41) is 10.2. The molecule has 0 aromatic carbocycles. The van der Waals surface area contributed by atoms with Gasteiger partial charge in [0.2, 0.25) is 5.91 Å². The second-order valence-electron chi connectivity index (χ2n) is 7.69. The molecule has 3 rings (SSSR count). The zero-order valence-corrected chi connectivity index (χ0v) is 14.2. The fraction of sp³-hybridized carbons (Fsp3) is 0.737. The van der Waals surface area contributed by atoms with Gasteiger partial charge in [-0.1, -0.05) is 18.6 Å². The maximum Gasteiger partial charge on any atom is 0.229 e. The Kier molecular flexibility index (Phi) is 4.19. The van der Waals surface area contributed by atoms with Crippen molar-refractivity contribution in [1.29, 1.82) is 0 Å². The number of carbonyl (C=O) groups is 1. The fourth-order valence-electron chi connectivity index (χ4n) is 4.40. The molecule has 0 aromatic heterocycles. The van der Waals surface area contributed by atoms with E-state index in [0.717, 1.165) is 57.2 Å². The minimum atomic E-state index is -0.303. The van der Waals surface area contributed by atoms with Crippen LogP contribution < -0.4 is 0 Å². The zero-order chi connectivity index (χ0) is 15.9. The lowest BCUT2D eigenvalue weighted by atomic mass is 9.63. The average Bonchev–Trinajstić information content (AvgIpc) is 3.04. The Labute approximate surface area is 134 Å². The van der Waals surface area contributed by atoms with E-state index in [9.17, 15) is 9.90 Å². The molecule has 3 nitrogen and oxygen atoms in total. The van der Waals surface area contributed by atoms with Crippen molar-refractivity contribution in [3.63, 3.8) is 0 Å². The predicted octanol–water partition coefficient (Wildman–Crippen LogP) is 3.44. The first-order chi connectivity index (χ1) is 10.4. The van der Waals surface area contributed by atoms with Crippen LogP contribution in [0.4, 0.5) is 0 Å². The van der Waals surface area contributed by atoms with E-state index in [1.54, 1.807) is 0 Å². The molecule has 122 valence electrons. The number of rotatable bonds is 2. The molecule has 0 radical (unpaired) electrons. The number of hydrogen-bond donors (Lipinski definition) is 1. The molecule has 3 atom stereocenters. The zero-order valence-electron chi connectivity index (χ0n) is 14.2. The summed E-state index contributed by atoms with van der Waals surface area (Å²) in [6.07, 6.45) is 8.29. The van der Waals surface area contributed by atoms with Gasteiger partial charge in [-0.3, -0.25) is 4.79 Å². The predicted molar refractivity (Wildman–Crippen MR) is 88.3 cm³/mol. The van der Waals surface area contributed by atoms with E-state index in [2.05, 4.69) is 26.8 Å². The number of amides is 1. The molecule has 1 amide bonds. The van der Waals surface area contributed by atoms with Crippen LogP contribution in [0.1, 0.15) is 59.3 Å². The fourth-order valence-corrected chi connectivity index (χ4v) is 4.40. The maximum atomic E-state index is 12.6. The van der Waals surface area contributed by atoms with Crippen molar-refractivity contribution in [1.82, 2.24) is 4.90 Å². The molecule has 0 bridgehead atoms. The molecule has 1 saturated heterocycles. The normalized spacial score (nSPS) is 33.5. The largest absolute Gasteiger partial charge is 0.389 e. The van der Waals surface area contributed by atoms with E-state index >= 15 is 0 Å². The van der Waals surface area contributed by atoms with Crippen molar-refractivity contribution in [2.45, 2.75) is 65.4 Å². The third-order valence-corrected chi connectivity index (χ3v) is 6.18. The number of aliphatic hydroxyl groups is 1. The number of fused-ring (bicyclic) bond motifs is 1. The number of nitrogens with zero attached hydrogens (tertiary/aromatic N) is 1. The molecule has 2 aliphatic carbocycles. The van der Waals surface area contributed by atoms with Crippen molar-refractivity contribution in [3.8, 4) is 0 Å². The summed E-state index contributed by atoms with van der Waals surface area (Å²) in [6, 6.07) is 0. The van der Waals surface area contributed by atoms with E-state index in [1.807, 2.05) is 4.90 Å². The van der Waals surface area contributed by atoms with Gasteiger partial charge in [-0.15, -0.1) is 0 Å². The maximum absolute atomic E-state index is 12.6. The molecule has 1 heterocycles. The second kappa shape index (κ2) is 5.84. The van der Waals surface area contributed by atoms with Crippen molar-refractivity contribution < 1.29 is 9.90 Å². The van der Waals surface area contributed by atoms with E-state index < -0.39 is 0 Å². The number of aliphatic hydroxyl groups excluding tert-OH is 1. The lowest BCUT2D eigenvalue weighted by Gasteiger charge is -2.42. The van der Waals surface area contributed by atoms with Crippen LogP contribution in [-0.4, -0.2) is 35.1 Å². The second-order valence-corrected chi connectivity index (χ2v) is 7.69. The van der Waals surface area contributed by atoms with Crippen molar-refractivity contribution in [2.75, 3.05) is 13.1 Å². The van der Waals surface area contributed by atoms with Crippen molar-refractivity contribution >= 4 is 5.91 Å². The van der Waals surface area contributed by atoms with E-state index in [1.165, 1.54) is 11.1 Å². The van der Waals surface area contributed by atoms with Gasteiger partial charge < -0.3 is 10.0 Å². The molecule has 0 aromatic rings. The van der Waals surface area contributed by atoms with Crippen LogP contribution in [-0.2, 0) is 4.79 Å². The smallest absolute Gasteiger partial charge is 0.229 e. The molecule has 3 aliphatic rings. The summed E-state index contributed by atoms with van der Waals surface area (Å²) in [7, 11) is 0. The topological polar surface area (TPSA) is 40.5 Å². The van der Waals surface area contributed by atoms with Gasteiger partial charge in [-0.25, -0.2) is 0 Å². The van der Waals surface area contributed by atoms with Gasteiger partial charge in [0.05, 0.1) is 12.0 Å². The summed E-state index contributed by atoms with van der Waals surface area (Å²) >= 11 is 0. The lowest BCUT2D eigenvalue weighted by molar-refractivity contribution is -0.132. The minimum absolute atomic E-state index is 0.0120. The van der Waals surface area contributed by atoms with E-state index in [4.69, 9.17) is 0 Å². The van der Waals surface area contributed by atoms with Crippen LogP contribution in [0.15, 0.2) is 22.8 Å². The Morgan fingerprint density at radius 3 is 2.73 bits per heavy atom. The van der Waals surface area contributed by atoms with Crippen LogP contribution in [0.5, 0.6) is 0 Å². The Bertz CT molecular complexity index is 528. The Morgan fingerprint density at radius 2 is 2.05 bits per heavy atom. The third kappa shape index (κ3) is 2.64. The quantitative estimate of drug-likeness (QED) is 0.849. The third-order valence-electron chi connectivity index (χ3n) is 6.18. The van der Waals surface area contributed by atoms with Gasteiger partial charge in [0.25, 0.3) is 0 Å². The summed E-state index contributed by atoms with van der Waals surface area (Å²) in [4.78, 5) is 14.7. The summed E-state index contributed by atoms with van der Waals surface area (Å²) in [6.45, 7) is 8.29. The van der Waals surface area contributed by atoms with Crippen molar-refractivity contribution in [3.05, 3.63) is 22.8 Å². The summed E-state index contributed by atoms with van der Waals surface area (Å²) in [5.41, 5.74) is 3.88. The van der Waals surface area contributed by atoms with Crippen LogP contribution in [0.25, 0.3) is 0 Å². The van der Waals surface area contributed by atoms with Gasteiger partial charge in [0.15, 0.2) is 0 Å². The number of carbonyl (C=O) groups excluding carboxylic acids is 1. The van der Waals surface area contributed by atoms with Gasteiger partial charge in [0, 0.05) is 13.1 Å².